The van der Waals surface area contributed by atoms with E-state index in [4.69, 9.17) is 23.2 Å². The topological polar surface area (TPSA) is 37.3 Å². The maximum Gasteiger partial charge on any atom is 0.203 e. The molecule has 1 aromatic heterocycles. The van der Waals surface area contributed by atoms with E-state index in [-0.39, 0.29) is 0 Å². The number of halogens is 2. The quantitative estimate of drug-likeness (QED) is 0.425. The summed E-state index contributed by atoms with van der Waals surface area (Å²) in [4.78, 5) is 4.47. The van der Waals surface area contributed by atoms with Crippen LogP contribution in [0, 0.1) is 0 Å². The van der Waals surface area contributed by atoms with Gasteiger partial charge in [-0.05, 0) is 29.8 Å². The Kier molecular flexibility index (Phi) is 5.64. The second kappa shape index (κ2) is 8.11. The van der Waals surface area contributed by atoms with Crippen LogP contribution in [-0.2, 0) is 0 Å². The number of aromatic nitrogens is 1. The summed E-state index contributed by atoms with van der Waals surface area (Å²) in [6, 6.07) is 15.4. The van der Waals surface area contributed by atoms with Crippen molar-refractivity contribution in [3.63, 3.8) is 0 Å². The van der Waals surface area contributed by atoms with E-state index in [2.05, 4.69) is 15.5 Å². The molecule has 3 aromatic rings. The van der Waals surface area contributed by atoms with Gasteiger partial charge < -0.3 is 0 Å². The highest BCUT2D eigenvalue weighted by Gasteiger charge is 2.08. The second-order valence-electron chi connectivity index (χ2n) is 4.82. The van der Waals surface area contributed by atoms with Crippen molar-refractivity contribution >= 4 is 52.0 Å². The highest BCUT2D eigenvalue weighted by molar-refractivity contribution is 7.14. The molecule has 0 atom stereocenters. The van der Waals surface area contributed by atoms with Crippen LogP contribution in [-0.4, -0.2) is 11.2 Å². The molecule has 0 aliphatic carbocycles. The molecule has 1 heterocycles. The summed E-state index contributed by atoms with van der Waals surface area (Å²) in [5.74, 6) is 0. The molecule has 0 aliphatic rings. The van der Waals surface area contributed by atoms with Crippen LogP contribution in [0.1, 0.15) is 5.56 Å². The van der Waals surface area contributed by atoms with Crippen LogP contribution < -0.4 is 5.43 Å². The van der Waals surface area contributed by atoms with Gasteiger partial charge >= 0.3 is 0 Å². The molecule has 0 amide bonds. The lowest BCUT2D eigenvalue weighted by Crippen LogP contribution is -1.87. The van der Waals surface area contributed by atoms with Crippen molar-refractivity contribution in [2.75, 3.05) is 5.43 Å². The predicted molar refractivity (Wildman–Crippen MR) is 105 cm³/mol. The largest absolute Gasteiger partial charge is 0.253 e. The number of benzene rings is 2. The zero-order chi connectivity index (χ0) is 16.8. The first kappa shape index (κ1) is 16.7. The van der Waals surface area contributed by atoms with Crippen molar-refractivity contribution in [1.29, 1.82) is 0 Å². The maximum atomic E-state index is 6.20. The number of hydrazone groups is 1. The van der Waals surface area contributed by atoms with E-state index < -0.39 is 0 Å². The molecule has 0 fully saturated rings. The summed E-state index contributed by atoms with van der Waals surface area (Å²) in [5.41, 5.74) is 5.67. The third kappa shape index (κ3) is 4.45. The molecule has 0 bridgehead atoms. The number of hydrogen-bond donors (Lipinski definition) is 1. The summed E-state index contributed by atoms with van der Waals surface area (Å²) in [6.45, 7) is 0. The van der Waals surface area contributed by atoms with Crippen molar-refractivity contribution < 1.29 is 0 Å². The normalized spacial score (nSPS) is 11.4. The molecule has 0 saturated heterocycles. The van der Waals surface area contributed by atoms with Crippen LogP contribution in [0.15, 0.2) is 65.1 Å². The first-order valence-corrected chi connectivity index (χ1v) is 8.78. The number of nitrogens with one attached hydrogen (secondary N) is 1. The molecule has 0 radical (unpaired) electrons. The van der Waals surface area contributed by atoms with Gasteiger partial charge in [0.15, 0.2) is 0 Å². The molecule has 6 heteroatoms. The van der Waals surface area contributed by atoms with Gasteiger partial charge in [0, 0.05) is 22.2 Å². The minimum atomic E-state index is 0.577. The lowest BCUT2D eigenvalue weighted by atomic mass is 10.2. The van der Waals surface area contributed by atoms with Crippen molar-refractivity contribution in [2.45, 2.75) is 0 Å². The van der Waals surface area contributed by atoms with E-state index in [9.17, 15) is 0 Å². The first-order chi connectivity index (χ1) is 11.7. The maximum absolute atomic E-state index is 6.20. The van der Waals surface area contributed by atoms with Crippen molar-refractivity contribution in [3.8, 4) is 11.3 Å². The van der Waals surface area contributed by atoms with Crippen LogP contribution in [0.25, 0.3) is 17.3 Å². The highest BCUT2D eigenvalue weighted by Crippen LogP contribution is 2.32. The Hall–Kier alpha value is -2.14. The molecule has 120 valence electrons. The van der Waals surface area contributed by atoms with Crippen LogP contribution in [0.2, 0.25) is 10.0 Å². The van der Waals surface area contributed by atoms with Crippen molar-refractivity contribution in [3.05, 3.63) is 75.6 Å². The Morgan fingerprint density at radius 1 is 1.08 bits per heavy atom. The molecular formula is C18H13Cl2N3S. The van der Waals surface area contributed by atoms with Crippen molar-refractivity contribution in [2.24, 2.45) is 5.10 Å². The first-order valence-electron chi connectivity index (χ1n) is 7.14. The molecular weight excluding hydrogens is 361 g/mol. The van der Waals surface area contributed by atoms with Gasteiger partial charge in [-0.2, -0.15) is 5.10 Å². The van der Waals surface area contributed by atoms with E-state index in [1.807, 2.05) is 53.9 Å². The van der Waals surface area contributed by atoms with Crippen molar-refractivity contribution in [1.82, 2.24) is 4.98 Å². The average Bonchev–Trinajstić information content (AvgIpc) is 3.04. The van der Waals surface area contributed by atoms with E-state index in [0.29, 0.717) is 15.2 Å². The fourth-order valence-electron chi connectivity index (χ4n) is 2.00. The number of rotatable bonds is 5. The summed E-state index contributed by atoms with van der Waals surface area (Å²) in [5, 5.41) is 7.93. The SMILES string of the molecule is Clc1ccc(-c2csc(NN=CC=Cc3ccccc3)n2)c(Cl)c1. The van der Waals surface area contributed by atoms with E-state index >= 15 is 0 Å². The molecule has 2 aromatic carbocycles. The Bertz CT molecular complexity index is 873. The average molecular weight is 374 g/mol. The van der Waals surface area contributed by atoms with Crippen LogP contribution >= 0.6 is 34.5 Å². The smallest absolute Gasteiger partial charge is 0.203 e. The molecule has 0 spiro atoms. The van der Waals surface area contributed by atoms with Gasteiger partial charge in [0.25, 0.3) is 0 Å². The third-order valence-corrected chi connectivity index (χ3v) is 4.42. The zero-order valence-corrected chi connectivity index (χ0v) is 14.8. The summed E-state index contributed by atoms with van der Waals surface area (Å²) < 4.78 is 0. The van der Waals surface area contributed by atoms with Crippen LogP contribution in [0.3, 0.4) is 0 Å². The second-order valence-corrected chi connectivity index (χ2v) is 6.52. The van der Waals surface area contributed by atoms with Gasteiger partial charge in [0.1, 0.15) is 0 Å². The van der Waals surface area contributed by atoms with Gasteiger partial charge in [-0.25, -0.2) is 4.98 Å². The standard InChI is InChI=1S/C18H13Cl2N3S/c19-14-8-9-15(16(20)11-14)17-12-24-18(22-17)23-21-10-4-7-13-5-2-1-3-6-13/h1-12H,(H,22,23). The Balaban J connectivity index is 1.62. The van der Waals surface area contributed by atoms with Gasteiger partial charge in [-0.3, -0.25) is 5.43 Å². The number of thiazole rings is 1. The third-order valence-electron chi connectivity index (χ3n) is 3.12. The van der Waals surface area contributed by atoms with Gasteiger partial charge in [0.2, 0.25) is 5.13 Å². The summed E-state index contributed by atoms with van der Waals surface area (Å²) >= 11 is 13.6. The molecule has 0 aliphatic heterocycles. The number of hydrogen-bond acceptors (Lipinski definition) is 4. The van der Waals surface area contributed by atoms with E-state index in [1.165, 1.54) is 11.3 Å². The molecule has 3 rings (SSSR count). The molecule has 3 nitrogen and oxygen atoms in total. The van der Waals surface area contributed by atoms with E-state index in [1.54, 1.807) is 18.3 Å². The van der Waals surface area contributed by atoms with Gasteiger partial charge in [-0.1, -0.05) is 59.6 Å². The molecule has 0 unspecified atom stereocenters. The molecule has 1 N–H and O–H groups in total. The molecule has 24 heavy (non-hydrogen) atoms. The minimum absolute atomic E-state index is 0.577. The van der Waals surface area contributed by atoms with Crippen LogP contribution in [0.4, 0.5) is 5.13 Å². The fraction of sp³-hybridized carbons (Fsp3) is 0. The highest BCUT2D eigenvalue weighted by atomic mass is 35.5. The summed E-state index contributed by atoms with van der Waals surface area (Å²) in [7, 11) is 0. The monoisotopic (exact) mass is 373 g/mol. The van der Waals surface area contributed by atoms with Crippen LogP contribution in [0.5, 0.6) is 0 Å². The molecule has 0 saturated carbocycles. The number of nitrogens with zero attached hydrogens (tertiary/aromatic N) is 2. The number of allylic oxidation sites excluding steroid dienone is 1. The number of anilines is 1. The predicted octanol–water partition coefficient (Wildman–Crippen LogP) is 6.23. The lowest BCUT2D eigenvalue weighted by molar-refractivity contribution is 1.29. The Morgan fingerprint density at radius 2 is 1.92 bits per heavy atom. The Morgan fingerprint density at radius 3 is 2.71 bits per heavy atom. The minimum Gasteiger partial charge on any atom is -0.253 e. The lowest BCUT2D eigenvalue weighted by Gasteiger charge is -2.00. The van der Waals surface area contributed by atoms with Gasteiger partial charge in [0.05, 0.1) is 10.7 Å². The van der Waals surface area contributed by atoms with Gasteiger partial charge in [-0.15, -0.1) is 11.3 Å². The van der Waals surface area contributed by atoms with E-state index in [0.717, 1.165) is 16.8 Å². The zero-order valence-electron chi connectivity index (χ0n) is 12.5. The summed E-state index contributed by atoms with van der Waals surface area (Å²) in [6.07, 6.45) is 5.53. The fourth-order valence-corrected chi connectivity index (χ4v) is 3.16. The Labute approximate surface area is 154 Å².